The zero-order chi connectivity index (χ0) is 23.7. The van der Waals surface area contributed by atoms with E-state index in [1.165, 1.54) is 37.3 Å². The minimum Gasteiger partial charge on any atom is -0.454 e. The molecule has 0 aliphatic heterocycles. The van der Waals surface area contributed by atoms with E-state index in [2.05, 4.69) is 0 Å². The molecule has 1 N–H and O–H groups in total. The molecule has 1 aromatic heterocycles. The maximum atomic E-state index is 14.0. The van der Waals surface area contributed by atoms with Crippen LogP contribution in [-0.2, 0) is 25.4 Å². The van der Waals surface area contributed by atoms with Crippen molar-refractivity contribution in [3.63, 3.8) is 0 Å². The van der Waals surface area contributed by atoms with E-state index in [4.69, 9.17) is 4.42 Å². The monoisotopic (exact) mass is 489 g/mol. The minimum absolute atomic E-state index is 0.226. The predicted molar refractivity (Wildman–Crippen MR) is 104 cm³/mol. The van der Waals surface area contributed by atoms with Gasteiger partial charge >= 0.3 is 12.1 Å². The third-order valence-electron chi connectivity index (χ3n) is 4.39. The Morgan fingerprint density at radius 2 is 1.69 bits per heavy atom. The summed E-state index contributed by atoms with van der Waals surface area (Å²) in [5, 5.41) is 1.30. The molecule has 1 heterocycles. The van der Waals surface area contributed by atoms with Gasteiger partial charge < -0.3 is 9.73 Å². The van der Waals surface area contributed by atoms with Crippen LogP contribution in [0.1, 0.15) is 18.5 Å². The quantitative estimate of drug-likeness (QED) is 0.525. The van der Waals surface area contributed by atoms with Crippen LogP contribution < -0.4 is 5.32 Å². The van der Waals surface area contributed by atoms with Crippen molar-refractivity contribution in [3.8, 4) is 0 Å². The molecule has 3 rings (SSSR count). The van der Waals surface area contributed by atoms with Gasteiger partial charge in [-0.25, -0.2) is 17.0 Å². The number of halogens is 4. The maximum absolute atomic E-state index is 14.0. The summed E-state index contributed by atoms with van der Waals surface area (Å²) in [5.74, 6) is -2.93. The molecule has 0 aliphatic carbocycles. The number of carbonyl (C=O) groups is 1. The van der Waals surface area contributed by atoms with Gasteiger partial charge in [0, 0.05) is 0 Å². The van der Waals surface area contributed by atoms with Gasteiger partial charge in [0.05, 0.1) is 22.1 Å². The fourth-order valence-corrected chi connectivity index (χ4v) is 5.58. The molecule has 0 spiro atoms. The molecule has 6 nitrogen and oxygen atoms in total. The molecule has 3 aromatic rings. The van der Waals surface area contributed by atoms with Crippen molar-refractivity contribution < 1.29 is 39.4 Å². The first-order valence-electron chi connectivity index (χ1n) is 8.89. The van der Waals surface area contributed by atoms with Crippen LogP contribution in [0.4, 0.5) is 17.6 Å². The third-order valence-corrected chi connectivity index (χ3v) is 7.69. The Kier molecular flexibility index (Phi) is 6.56. The van der Waals surface area contributed by atoms with Crippen molar-refractivity contribution in [3.05, 3.63) is 72.2 Å². The van der Waals surface area contributed by atoms with Crippen molar-refractivity contribution in [1.29, 1.82) is 0 Å². The predicted octanol–water partition coefficient (Wildman–Crippen LogP) is 4.16. The van der Waals surface area contributed by atoms with Crippen molar-refractivity contribution in [2.75, 3.05) is 0 Å². The summed E-state index contributed by atoms with van der Waals surface area (Å²) in [6, 6.07) is 9.89. The molecule has 2 aromatic carbocycles. The summed E-state index contributed by atoms with van der Waals surface area (Å²) < 4.78 is 95.1. The summed E-state index contributed by atoms with van der Waals surface area (Å²) in [5.41, 5.74) is 0.226. The van der Waals surface area contributed by atoms with E-state index in [9.17, 15) is 35.0 Å². The second-order valence-corrected chi connectivity index (χ2v) is 9.80. The zero-order valence-electron chi connectivity index (χ0n) is 16.2. The zero-order valence-corrected chi connectivity index (χ0v) is 17.9. The van der Waals surface area contributed by atoms with E-state index in [1.807, 2.05) is 0 Å². The van der Waals surface area contributed by atoms with Gasteiger partial charge in [0.2, 0.25) is 14.9 Å². The van der Waals surface area contributed by atoms with E-state index in [1.54, 1.807) is 5.32 Å². The maximum Gasteiger partial charge on any atom is 0.471 e. The molecular formula is C20H15F4NO5S2. The minimum atomic E-state index is -5.05. The average Bonchev–Trinajstić information content (AvgIpc) is 3.24. The van der Waals surface area contributed by atoms with Crippen LogP contribution in [0.25, 0.3) is 0 Å². The number of benzene rings is 2. The van der Waals surface area contributed by atoms with Crippen LogP contribution in [-0.4, -0.2) is 24.7 Å². The van der Waals surface area contributed by atoms with Gasteiger partial charge in [-0.1, -0.05) is 24.3 Å². The number of hydrogen-bond donors (Lipinski definition) is 1. The first-order chi connectivity index (χ1) is 14.9. The summed E-state index contributed by atoms with van der Waals surface area (Å²) in [4.78, 5) is 10.1. The number of sulfone groups is 1. The molecule has 0 aliphatic rings. The Bertz CT molecular complexity index is 1270. The highest BCUT2D eigenvalue weighted by Crippen LogP contribution is 2.31. The van der Waals surface area contributed by atoms with Crippen LogP contribution >= 0.6 is 0 Å². The van der Waals surface area contributed by atoms with Gasteiger partial charge in [-0.3, -0.25) is 4.79 Å². The van der Waals surface area contributed by atoms with Crippen LogP contribution in [0.2, 0.25) is 0 Å². The molecule has 2 atom stereocenters. The van der Waals surface area contributed by atoms with Crippen LogP contribution in [0, 0.1) is 5.82 Å². The first-order valence-corrected chi connectivity index (χ1v) is 11.5. The third kappa shape index (κ3) is 4.75. The lowest BCUT2D eigenvalue weighted by molar-refractivity contribution is -0.174. The molecule has 0 fully saturated rings. The molecule has 0 saturated heterocycles. The lowest BCUT2D eigenvalue weighted by Crippen LogP contribution is -2.38. The van der Waals surface area contributed by atoms with Gasteiger partial charge in [0.1, 0.15) is 21.5 Å². The number of nitrogens with one attached hydrogen (secondary N) is 1. The van der Waals surface area contributed by atoms with Gasteiger partial charge in [-0.15, -0.1) is 0 Å². The molecular weight excluding hydrogens is 474 g/mol. The Labute approximate surface area is 182 Å². The lowest BCUT2D eigenvalue weighted by Gasteiger charge is -2.16. The van der Waals surface area contributed by atoms with Gasteiger partial charge in [-0.05, 0) is 42.8 Å². The van der Waals surface area contributed by atoms with Crippen LogP contribution in [0.5, 0.6) is 0 Å². The first kappa shape index (κ1) is 23.7. The van der Waals surface area contributed by atoms with Gasteiger partial charge in [0.15, 0.2) is 0 Å². The van der Waals surface area contributed by atoms with Crippen LogP contribution in [0.3, 0.4) is 0 Å². The average molecular weight is 489 g/mol. The standard InChI is InChI=1S/C20H15F4NO5S2/c1-12(25-19(26)20(22,23)24)13-6-8-14(9-7-13)32(28,29)17-10-11-30-18(17)31(27)16-5-3-2-4-15(16)21/h2-12H,1H3,(H,25,26)/t12-,31?/m0/s1. The van der Waals surface area contributed by atoms with Gasteiger partial charge in [0.25, 0.3) is 0 Å². The lowest BCUT2D eigenvalue weighted by atomic mass is 10.1. The number of furan rings is 1. The van der Waals surface area contributed by atoms with E-state index in [0.717, 1.165) is 30.5 Å². The topological polar surface area (TPSA) is 93.4 Å². The normalized spacial score (nSPS) is 14.0. The summed E-state index contributed by atoms with van der Waals surface area (Å²) >= 11 is 0. The highest BCUT2D eigenvalue weighted by molar-refractivity contribution is 7.92. The van der Waals surface area contributed by atoms with Crippen LogP contribution in [0.15, 0.2) is 85.1 Å². The molecule has 32 heavy (non-hydrogen) atoms. The molecule has 170 valence electrons. The second-order valence-electron chi connectivity index (χ2n) is 6.54. The van der Waals surface area contributed by atoms with E-state index < -0.39 is 54.6 Å². The number of hydrogen-bond acceptors (Lipinski definition) is 5. The fourth-order valence-electron chi connectivity index (χ4n) is 2.74. The Balaban J connectivity index is 1.89. The summed E-state index contributed by atoms with van der Waals surface area (Å²) in [6.07, 6.45) is -4.05. The summed E-state index contributed by atoms with van der Waals surface area (Å²) in [6.45, 7) is 1.30. The summed E-state index contributed by atoms with van der Waals surface area (Å²) in [7, 11) is -6.52. The highest BCUT2D eigenvalue weighted by Gasteiger charge is 2.39. The highest BCUT2D eigenvalue weighted by atomic mass is 32.2. The molecule has 0 saturated carbocycles. The van der Waals surface area contributed by atoms with E-state index in [0.29, 0.717) is 0 Å². The Morgan fingerprint density at radius 1 is 1.06 bits per heavy atom. The molecule has 1 unspecified atom stereocenters. The smallest absolute Gasteiger partial charge is 0.454 e. The number of carbonyl (C=O) groups excluding carboxylic acids is 1. The van der Waals surface area contributed by atoms with Crippen molar-refractivity contribution in [2.24, 2.45) is 0 Å². The number of rotatable bonds is 6. The number of alkyl halides is 3. The SMILES string of the molecule is C[C@H](NC(=O)C(F)(F)F)c1ccc(S(=O)(=O)c2ccoc2S(=O)c2ccccc2F)cc1. The van der Waals surface area contributed by atoms with E-state index >= 15 is 0 Å². The molecule has 1 amide bonds. The largest absolute Gasteiger partial charge is 0.471 e. The van der Waals surface area contributed by atoms with Crippen molar-refractivity contribution in [2.45, 2.75) is 38.9 Å². The number of amides is 1. The molecule has 0 radical (unpaired) electrons. The Morgan fingerprint density at radius 3 is 2.28 bits per heavy atom. The van der Waals surface area contributed by atoms with E-state index in [-0.39, 0.29) is 15.4 Å². The molecule has 12 heteroatoms. The Hall–Kier alpha value is -2.99. The molecule has 0 bridgehead atoms. The van der Waals surface area contributed by atoms with Crippen molar-refractivity contribution in [1.82, 2.24) is 5.32 Å². The fraction of sp³-hybridized carbons (Fsp3) is 0.150. The van der Waals surface area contributed by atoms with Crippen molar-refractivity contribution >= 4 is 26.5 Å². The second kappa shape index (κ2) is 8.87. The van der Waals surface area contributed by atoms with Gasteiger partial charge in [-0.2, -0.15) is 13.2 Å².